The van der Waals surface area contributed by atoms with E-state index in [1.54, 1.807) is 23.5 Å². The first-order valence-corrected chi connectivity index (χ1v) is 7.95. The molecule has 108 valence electrons. The van der Waals surface area contributed by atoms with Gasteiger partial charge in [-0.3, -0.25) is 0 Å². The first-order valence-electron chi connectivity index (χ1n) is 6.69. The van der Waals surface area contributed by atoms with Gasteiger partial charge in [-0.05, 0) is 37.6 Å². The smallest absolute Gasteiger partial charge is 0.141 e. The molecule has 2 nitrogen and oxygen atoms in total. The molecule has 1 aromatic heterocycles. The third kappa shape index (κ3) is 4.01. The molecule has 0 amide bonds. The van der Waals surface area contributed by atoms with Gasteiger partial charge in [0.1, 0.15) is 5.82 Å². The molecule has 0 saturated carbocycles. The summed E-state index contributed by atoms with van der Waals surface area (Å²) in [5.74, 6) is -0.380. The summed E-state index contributed by atoms with van der Waals surface area (Å²) in [4.78, 5) is 4.50. The highest BCUT2D eigenvalue weighted by Crippen LogP contribution is 2.24. The summed E-state index contributed by atoms with van der Waals surface area (Å²) in [5, 5.41) is 6.77. The van der Waals surface area contributed by atoms with Gasteiger partial charge in [0.05, 0.1) is 15.7 Å². The number of nitrogens with zero attached hydrogens (tertiary/aromatic N) is 1. The predicted molar refractivity (Wildman–Crippen MR) is 83.0 cm³/mol. The van der Waals surface area contributed by atoms with Crippen LogP contribution in [0.5, 0.6) is 0 Å². The van der Waals surface area contributed by atoms with Crippen molar-refractivity contribution in [2.45, 2.75) is 32.7 Å². The lowest BCUT2D eigenvalue weighted by molar-refractivity contribution is 0.523. The lowest BCUT2D eigenvalue weighted by Gasteiger charge is -2.18. The molecule has 0 aliphatic heterocycles. The minimum Gasteiger partial charge on any atom is -0.310 e. The van der Waals surface area contributed by atoms with Crippen LogP contribution in [0.25, 0.3) is 0 Å². The zero-order valence-electron chi connectivity index (χ0n) is 11.6. The van der Waals surface area contributed by atoms with Gasteiger partial charge in [0.2, 0.25) is 0 Å². The van der Waals surface area contributed by atoms with Crippen LogP contribution < -0.4 is 5.32 Å². The summed E-state index contributed by atoms with van der Waals surface area (Å²) in [7, 11) is 0. The van der Waals surface area contributed by atoms with Crippen LogP contribution in [0.2, 0.25) is 5.02 Å². The molecule has 2 rings (SSSR count). The van der Waals surface area contributed by atoms with Crippen molar-refractivity contribution in [3.05, 3.63) is 50.7 Å². The Bertz CT molecular complexity index is 571. The molecule has 2 aromatic rings. The highest BCUT2D eigenvalue weighted by molar-refractivity contribution is 7.09. The Balaban J connectivity index is 2.19. The van der Waals surface area contributed by atoms with Gasteiger partial charge >= 0.3 is 0 Å². The first-order chi connectivity index (χ1) is 9.60. The lowest BCUT2D eigenvalue weighted by Crippen LogP contribution is -2.24. The zero-order valence-corrected chi connectivity index (χ0v) is 13.2. The number of aryl methyl sites for hydroxylation is 1. The Morgan fingerprint density at radius 1 is 1.45 bits per heavy atom. The van der Waals surface area contributed by atoms with Crippen molar-refractivity contribution in [2.75, 3.05) is 6.54 Å². The number of thiazole rings is 1. The SMILES string of the molecule is CCCNC(Cc1csc(C)n1)c1ccc(F)c(Cl)c1. The number of halogens is 2. The van der Waals surface area contributed by atoms with E-state index in [-0.39, 0.29) is 16.9 Å². The summed E-state index contributed by atoms with van der Waals surface area (Å²) in [5.41, 5.74) is 2.05. The molecule has 0 saturated heterocycles. The topological polar surface area (TPSA) is 24.9 Å². The molecular weight excluding hydrogens is 295 g/mol. The van der Waals surface area contributed by atoms with E-state index in [0.717, 1.165) is 35.7 Å². The van der Waals surface area contributed by atoms with Gasteiger partial charge in [0.25, 0.3) is 0 Å². The molecule has 0 spiro atoms. The molecule has 1 unspecified atom stereocenters. The Hall–Kier alpha value is -0.970. The van der Waals surface area contributed by atoms with E-state index >= 15 is 0 Å². The standard InChI is InChI=1S/C15H18ClFN2S/c1-3-6-18-15(8-12-9-20-10(2)19-12)11-4-5-14(17)13(16)7-11/h4-5,7,9,15,18H,3,6,8H2,1-2H3. The molecule has 20 heavy (non-hydrogen) atoms. The van der Waals surface area contributed by atoms with Crippen molar-refractivity contribution in [1.29, 1.82) is 0 Å². The van der Waals surface area contributed by atoms with Gasteiger partial charge in [-0.2, -0.15) is 0 Å². The summed E-state index contributed by atoms with van der Waals surface area (Å²) in [6.07, 6.45) is 1.83. The van der Waals surface area contributed by atoms with Crippen LogP contribution in [0.15, 0.2) is 23.6 Å². The van der Waals surface area contributed by atoms with Gasteiger partial charge in [0, 0.05) is 17.8 Å². The number of hydrogen-bond donors (Lipinski definition) is 1. The molecule has 0 radical (unpaired) electrons. The predicted octanol–water partition coefficient (Wildman–Crippen LogP) is 4.53. The fourth-order valence-electron chi connectivity index (χ4n) is 2.07. The van der Waals surface area contributed by atoms with Gasteiger partial charge in [-0.15, -0.1) is 11.3 Å². The first kappa shape index (κ1) is 15.4. The molecular formula is C15H18ClFN2S. The van der Waals surface area contributed by atoms with Crippen molar-refractivity contribution in [1.82, 2.24) is 10.3 Å². The van der Waals surface area contributed by atoms with Gasteiger partial charge in [0.15, 0.2) is 0 Å². The summed E-state index contributed by atoms with van der Waals surface area (Å²) < 4.78 is 13.3. The van der Waals surface area contributed by atoms with Crippen LogP contribution in [0.1, 0.15) is 35.7 Å². The molecule has 1 atom stereocenters. The van der Waals surface area contributed by atoms with Gasteiger partial charge < -0.3 is 5.32 Å². The van der Waals surface area contributed by atoms with Crippen molar-refractivity contribution < 1.29 is 4.39 Å². The minimum atomic E-state index is -0.380. The van der Waals surface area contributed by atoms with Crippen molar-refractivity contribution >= 4 is 22.9 Å². The van der Waals surface area contributed by atoms with E-state index in [4.69, 9.17) is 11.6 Å². The van der Waals surface area contributed by atoms with E-state index in [0.29, 0.717) is 0 Å². The highest BCUT2D eigenvalue weighted by atomic mass is 35.5. The highest BCUT2D eigenvalue weighted by Gasteiger charge is 2.14. The fraction of sp³-hybridized carbons (Fsp3) is 0.400. The monoisotopic (exact) mass is 312 g/mol. The summed E-state index contributed by atoms with van der Waals surface area (Å²) in [6, 6.07) is 5.01. The van der Waals surface area contributed by atoms with Crippen molar-refractivity contribution in [3.8, 4) is 0 Å². The molecule has 1 N–H and O–H groups in total. The van der Waals surface area contributed by atoms with Crippen LogP contribution in [-0.2, 0) is 6.42 Å². The minimum absolute atomic E-state index is 0.106. The molecule has 1 aromatic carbocycles. The second-order valence-corrected chi connectivity index (χ2v) is 6.21. The largest absolute Gasteiger partial charge is 0.310 e. The Labute approximate surface area is 128 Å². The quantitative estimate of drug-likeness (QED) is 0.848. The van der Waals surface area contributed by atoms with E-state index in [1.807, 2.05) is 6.92 Å². The molecule has 1 heterocycles. The van der Waals surface area contributed by atoms with Crippen molar-refractivity contribution in [3.63, 3.8) is 0 Å². The number of hydrogen-bond acceptors (Lipinski definition) is 3. The third-order valence-electron chi connectivity index (χ3n) is 3.07. The normalized spacial score (nSPS) is 12.6. The molecule has 5 heteroatoms. The van der Waals surface area contributed by atoms with E-state index in [9.17, 15) is 4.39 Å². The Morgan fingerprint density at radius 3 is 2.85 bits per heavy atom. The van der Waals surface area contributed by atoms with Gasteiger partial charge in [-0.25, -0.2) is 9.37 Å². The number of benzene rings is 1. The summed E-state index contributed by atoms with van der Waals surface area (Å²) in [6.45, 7) is 5.02. The average molecular weight is 313 g/mol. The molecule has 0 aliphatic carbocycles. The second-order valence-electron chi connectivity index (χ2n) is 4.74. The Kier molecular flexibility index (Phi) is 5.52. The number of aromatic nitrogens is 1. The number of rotatable bonds is 6. The van der Waals surface area contributed by atoms with E-state index in [1.165, 1.54) is 6.07 Å². The summed E-state index contributed by atoms with van der Waals surface area (Å²) >= 11 is 7.53. The van der Waals surface area contributed by atoms with Gasteiger partial charge in [-0.1, -0.05) is 24.6 Å². The van der Waals surface area contributed by atoms with Crippen LogP contribution >= 0.6 is 22.9 Å². The lowest BCUT2D eigenvalue weighted by atomic mass is 10.0. The molecule has 0 bridgehead atoms. The molecule has 0 fully saturated rings. The maximum Gasteiger partial charge on any atom is 0.141 e. The average Bonchev–Trinajstić information content (AvgIpc) is 2.83. The van der Waals surface area contributed by atoms with Crippen LogP contribution in [-0.4, -0.2) is 11.5 Å². The van der Waals surface area contributed by atoms with E-state index in [2.05, 4.69) is 22.6 Å². The Morgan fingerprint density at radius 2 is 2.25 bits per heavy atom. The van der Waals surface area contributed by atoms with Crippen LogP contribution in [0, 0.1) is 12.7 Å². The maximum absolute atomic E-state index is 13.3. The molecule has 0 aliphatic rings. The van der Waals surface area contributed by atoms with Crippen LogP contribution in [0.3, 0.4) is 0 Å². The number of nitrogens with one attached hydrogen (secondary N) is 1. The zero-order chi connectivity index (χ0) is 14.5. The second kappa shape index (κ2) is 7.16. The van der Waals surface area contributed by atoms with E-state index < -0.39 is 0 Å². The maximum atomic E-state index is 13.3. The van der Waals surface area contributed by atoms with Crippen molar-refractivity contribution in [2.24, 2.45) is 0 Å². The van der Waals surface area contributed by atoms with Crippen LogP contribution in [0.4, 0.5) is 4.39 Å². The fourth-order valence-corrected chi connectivity index (χ4v) is 2.88. The third-order valence-corrected chi connectivity index (χ3v) is 4.18.